The fourth-order valence-electron chi connectivity index (χ4n) is 4.35. The molecule has 1 aromatic heterocycles. The van der Waals surface area contributed by atoms with Crippen LogP contribution >= 0.6 is 0 Å². The van der Waals surface area contributed by atoms with Gasteiger partial charge in [0.15, 0.2) is 0 Å². The summed E-state index contributed by atoms with van der Waals surface area (Å²) in [5.74, 6) is 0.319. The lowest BCUT2D eigenvalue weighted by Crippen LogP contribution is -2.46. The van der Waals surface area contributed by atoms with Gasteiger partial charge in [-0.3, -0.25) is 14.6 Å². The van der Waals surface area contributed by atoms with E-state index in [-0.39, 0.29) is 17.7 Å². The number of hydrogen-bond donors (Lipinski definition) is 2. The third kappa shape index (κ3) is 4.13. The number of fused-ring (bicyclic) bond motifs is 1. The predicted octanol–water partition coefficient (Wildman–Crippen LogP) is 2.66. The largest absolute Gasteiger partial charge is 0.355 e. The number of likely N-dealkylation sites (tertiary alicyclic amines) is 1. The lowest BCUT2D eigenvalue weighted by atomic mass is 9.95. The third-order valence-corrected chi connectivity index (χ3v) is 6.02. The molecule has 29 heavy (non-hydrogen) atoms. The lowest BCUT2D eigenvalue weighted by Gasteiger charge is -2.32. The van der Waals surface area contributed by atoms with Crippen LogP contribution in [-0.4, -0.2) is 47.9 Å². The normalized spacial score (nSPS) is 19.4. The van der Waals surface area contributed by atoms with Crippen molar-refractivity contribution < 1.29 is 9.59 Å². The molecule has 1 aliphatic carbocycles. The number of carbonyl (C=O) groups is 2. The molecule has 1 atom stereocenters. The van der Waals surface area contributed by atoms with E-state index in [9.17, 15) is 9.59 Å². The molecule has 1 aliphatic heterocycles. The summed E-state index contributed by atoms with van der Waals surface area (Å²) in [5.41, 5.74) is 10.4. The summed E-state index contributed by atoms with van der Waals surface area (Å²) in [6.45, 7) is 6.16. The zero-order chi connectivity index (χ0) is 20.5. The van der Waals surface area contributed by atoms with Gasteiger partial charge in [-0.25, -0.2) is 0 Å². The number of pyridine rings is 1. The number of aromatic nitrogens is 1. The maximum atomic E-state index is 13.6. The molecule has 2 fully saturated rings. The molecule has 1 aromatic carbocycles. The van der Waals surface area contributed by atoms with Gasteiger partial charge in [0.1, 0.15) is 0 Å². The molecular weight excluding hydrogens is 364 g/mol. The van der Waals surface area contributed by atoms with E-state index in [4.69, 9.17) is 10.7 Å². The molecule has 2 amide bonds. The molecule has 0 spiro atoms. The molecule has 1 unspecified atom stereocenters. The highest BCUT2D eigenvalue weighted by molar-refractivity contribution is 6.07. The first-order valence-electron chi connectivity index (χ1n) is 10.7. The molecule has 1 saturated heterocycles. The number of amides is 2. The fourth-order valence-corrected chi connectivity index (χ4v) is 4.35. The summed E-state index contributed by atoms with van der Waals surface area (Å²) in [5, 5.41) is 3.79. The molecular formula is C23H30N4O2. The highest BCUT2D eigenvalue weighted by Gasteiger charge is 2.31. The number of nitrogens with one attached hydrogen (secondary N) is 1. The minimum atomic E-state index is -0.168. The number of piperidine rings is 1. The molecule has 2 aromatic rings. The van der Waals surface area contributed by atoms with Gasteiger partial charge >= 0.3 is 0 Å². The summed E-state index contributed by atoms with van der Waals surface area (Å²) in [7, 11) is 0. The summed E-state index contributed by atoms with van der Waals surface area (Å²) >= 11 is 0. The smallest absolute Gasteiger partial charge is 0.254 e. The Morgan fingerprint density at radius 1 is 1.21 bits per heavy atom. The Bertz CT molecular complexity index is 952. The molecule has 2 aliphatic rings. The maximum absolute atomic E-state index is 13.6. The van der Waals surface area contributed by atoms with Crippen LogP contribution in [0, 0.1) is 19.8 Å². The summed E-state index contributed by atoms with van der Waals surface area (Å²) in [6.07, 6.45) is 3.93. The molecule has 6 heteroatoms. The van der Waals surface area contributed by atoms with E-state index in [1.54, 1.807) is 0 Å². The highest BCUT2D eigenvalue weighted by Crippen LogP contribution is 2.41. The number of hydrogen-bond acceptors (Lipinski definition) is 4. The van der Waals surface area contributed by atoms with Crippen molar-refractivity contribution in [2.45, 2.75) is 45.4 Å². The van der Waals surface area contributed by atoms with Gasteiger partial charge in [-0.05, 0) is 57.2 Å². The van der Waals surface area contributed by atoms with Crippen LogP contribution in [0.5, 0.6) is 0 Å². The summed E-state index contributed by atoms with van der Waals surface area (Å²) in [4.78, 5) is 32.7. The van der Waals surface area contributed by atoms with Crippen molar-refractivity contribution in [2.24, 2.45) is 11.7 Å². The average Bonchev–Trinajstić information content (AvgIpc) is 3.56. The van der Waals surface area contributed by atoms with Gasteiger partial charge in [0.2, 0.25) is 5.91 Å². The van der Waals surface area contributed by atoms with Crippen molar-refractivity contribution in [3.05, 3.63) is 40.6 Å². The van der Waals surface area contributed by atoms with E-state index >= 15 is 0 Å². The van der Waals surface area contributed by atoms with E-state index in [1.807, 2.05) is 17.9 Å². The van der Waals surface area contributed by atoms with Crippen LogP contribution in [0.1, 0.15) is 58.8 Å². The second-order valence-corrected chi connectivity index (χ2v) is 8.52. The van der Waals surface area contributed by atoms with Gasteiger partial charge in [0.05, 0.1) is 17.0 Å². The molecule has 0 bridgehead atoms. The van der Waals surface area contributed by atoms with E-state index in [0.717, 1.165) is 59.0 Å². The molecule has 3 N–H and O–H groups in total. The topological polar surface area (TPSA) is 88.3 Å². The van der Waals surface area contributed by atoms with Gasteiger partial charge in [0.25, 0.3) is 5.91 Å². The van der Waals surface area contributed by atoms with Crippen molar-refractivity contribution in [3.63, 3.8) is 0 Å². The van der Waals surface area contributed by atoms with Crippen LogP contribution in [0.15, 0.2) is 18.2 Å². The Labute approximate surface area is 171 Å². The predicted molar refractivity (Wildman–Crippen MR) is 114 cm³/mol. The molecule has 0 radical (unpaired) electrons. The van der Waals surface area contributed by atoms with Gasteiger partial charge in [-0.2, -0.15) is 0 Å². The molecule has 4 rings (SSSR count). The summed E-state index contributed by atoms with van der Waals surface area (Å²) in [6, 6.07) is 6.19. The van der Waals surface area contributed by atoms with Crippen molar-refractivity contribution >= 4 is 22.7 Å². The quantitative estimate of drug-likeness (QED) is 0.816. The zero-order valence-corrected chi connectivity index (χ0v) is 17.3. The SMILES string of the molecule is Cc1cc(C)c2nc(C3CC3)cc(C(=O)N3CCCC(C(=O)NCCN)C3)c2c1. The highest BCUT2D eigenvalue weighted by atomic mass is 16.2. The van der Waals surface area contributed by atoms with Crippen LogP contribution in [0.4, 0.5) is 0 Å². The second kappa shape index (κ2) is 8.11. The summed E-state index contributed by atoms with van der Waals surface area (Å²) < 4.78 is 0. The Morgan fingerprint density at radius 2 is 2.00 bits per heavy atom. The number of aryl methyl sites for hydroxylation is 2. The van der Waals surface area contributed by atoms with E-state index < -0.39 is 0 Å². The van der Waals surface area contributed by atoms with Crippen LogP contribution in [0.3, 0.4) is 0 Å². The number of rotatable bonds is 5. The Kier molecular flexibility index (Phi) is 5.54. The number of nitrogens with zero attached hydrogens (tertiary/aromatic N) is 2. The van der Waals surface area contributed by atoms with Gasteiger partial charge in [-0.15, -0.1) is 0 Å². The fraction of sp³-hybridized carbons (Fsp3) is 0.522. The van der Waals surface area contributed by atoms with Crippen LogP contribution in [0.25, 0.3) is 10.9 Å². The molecule has 6 nitrogen and oxygen atoms in total. The van der Waals surface area contributed by atoms with Crippen LogP contribution in [0.2, 0.25) is 0 Å². The Morgan fingerprint density at radius 3 is 2.72 bits per heavy atom. The first-order valence-corrected chi connectivity index (χ1v) is 10.7. The van der Waals surface area contributed by atoms with Gasteiger partial charge in [-0.1, -0.05) is 11.6 Å². The maximum Gasteiger partial charge on any atom is 0.254 e. The average molecular weight is 395 g/mol. The minimum Gasteiger partial charge on any atom is -0.355 e. The van der Waals surface area contributed by atoms with Crippen molar-refractivity contribution in [2.75, 3.05) is 26.2 Å². The molecule has 2 heterocycles. The third-order valence-electron chi connectivity index (χ3n) is 6.02. The molecule has 154 valence electrons. The van der Waals surface area contributed by atoms with Crippen molar-refractivity contribution in [1.82, 2.24) is 15.2 Å². The second-order valence-electron chi connectivity index (χ2n) is 8.52. The number of nitrogens with two attached hydrogens (primary N) is 1. The minimum absolute atomic E-state index is 0.00195. The van der Waals surface area contributed by atoms with Crippen molar-refractivity contribution in [1.29, 1.82) is 0 Å². The van der Waals surface area contributed by atoms with E-state index in [2.05, 4.69) is 24.4 Å². The standard InChI is InChI=1S/C23H30N4O2/c1-14-10-15(2)21-18(11-14)19(12-20(26-21)16-5-6-16)23(29)27-9-3-4-17(13-27)22(28)25-8-7-24/h10-12,16-17H,3-9,13,24H2,1-2H3,(H,25,28). The first kappa shape index (κ1) is 19.8. The lowest BCUT2D eigenvalue weighted by molar-refractivity contribution is -0.126. The van der Waals surface area contributed by atoms with Gasteiger partial charge in [0, 0.05) is 43.2 Å². The Hall–Kier alpha value is -2.47. The monoisotopic (exact) mass is 394 g/mol. The zero-order valence-electron chi connectivity index (χ0n) is 17.3. The van der Waals surface area contributed by atoms with E-state index in [1.165, 1.54) is 0 Å². The first-order chi connectivity index (χ1) is 14.0. The van der Waals surface area contributed by atoms with Crippen LogP contribution < -0.4 is 11.1 Å². The van der Waals surface area contributed by atoms with E-state index in [0.29, 0.717) is 32.1 Å². The Balaban J connectivity index is 1.66. The molecule has 1 saturated carbocycles. The number of benzene rings is 1. The van der Waals surface area contributed by atoms with Gasteiger partial charge < -0.3 is 16.0 Å². The number of carbonyl (C=O) groups excluding carboxylic acids is 2. The van der Waals surface area contributed by atoms with Crippen LogP contribution in [-0.2, 0) is 4.79 Å². The van der Waals surface area contributed by atoms with Crippen molar-refractivity contribution in [3.8, 4) is 0 Å².